The fourth-order valence-corrected chi connectivity index (χ4v) is 5.14. The number of thiazole rings is 1. The molecule has 0 aliphatic rings. The van der Waals surface area contributed by atoms with Crippen LogP contribution in [0.3, 0.4) is 0 Å². The number of carbonyl (C=O) groups is 1. The van der Waals surface area contributed by atoms with E-state index in [2.05, 4.69) is 20.1 Å². The Labute approximate surface area is 193 Å². The highest BCUT2D eigenvalue weighted by molar-refractivity contribution is 7.93. The molecule has 4 rings (SSSR count). The lowest BCUT2D eigenvalue weighted by atomic mass is 10.2. The molecule has 8 nitrogen and oxygen atoms in total. The fourth-order valence-electron chi connectivity index (χ4n) is 3.03. The van der Waals surface area contributed by atoms with Crippen LogP contribution >= 0.6 is 22.9 Å². The van der Waals surface area contributed by atoms with E-state index in [0.29, 0.717) is 17.9 Å². The van der Waals surface area contributed by atoms with Crippen LogP contribution in [0, 0.1) is 6.92 Å². The molecule has 0 radical (unpaired) electrons. The van der Waals surface area contributed by atoms with E-state index in [9.17, 15) is 13.2 Å². The summed E-state index contributed by atoms with van der Waals surface area (Å²) in [4.78, 5) is 16.8. The van der Waals surface area contributed by atoms with E-state index < -0.39 is 15.9 Å². The minimum Gasteiger partial charge on any atom is -0.322 e. The number of aromatic nitrogens is 3. The van der Waals surface area contributed by atoms with Crippen LogP contribution in [0.25, 0.3) is 0 Å². The molecule has 2 N–H and O–H groups in total. The third-order valence-corrected chi connectivity index (χ3v) is 7.10. The number of nitrogens with zero attached hydrogens (tertiary/aromatic N) is 3. The van der Waals surface area contributed by atoms with Gasteiger partial charge in [0.05, 0.1) is 22.7 Å². The quantitative estimate of drug-likeness (QED) is 0.402. The Kier molecular flexibility index (Phi) is 6.26. The number of carbonyl (C=O) groups excluding carboxylic acids is 1. The molecule has 0 saturated heterocycles. The van der Waals surface area contributed by atoms with Gasteiger partial charge in [-0.25, -0.2) is 18.1 Å². The second-order valence-electron chi connectivity index (χ2n) is 6.82. The van der Waals surface area contributed by atoms with Gasteiger partial charge < -0.3 is 5.32 Å². The molecule has 2 heterocycles. The number of hydrogen-bond donors (Lipinski definition) is 2. The van der Waals surface area contributed by atoms with E-state index in [4.69, 9.17) is 11.6 Å². The molecule has 0 aliphatic heterocycles. The van der Waals surface area contributed by atoms with Crippen molar-refractivity contribution in [2.24, 2.45) is 0 Å². The molecule has 0 unspecified atom stereocenters. The molecule has 164 valence electrons. The summed E-state index contributed by atoms with van der Waals surface area (Å²) in [6, 6.07) is 15.5. The van der Waals surface area contributed by atoms with Gasteiger partial charge in [0.25, 0.3) is 15.9 Å². The van der Waals surface area contributed by atoms with Gasteiger partial charge in [0.15, 0.2) is 5.13 Å². The number of nitrogens with one attached hydrogen (secondary N) is 2. The van der Waals surface area contributed by atoms with Crippen molar-refractivity contribution < 1.29 is 13.2 Å². The van der Waals surface area contributed by atoms with Gasteiger partial charge in [0.2, 0.25) is 0 Å². The number of sulfonamides is 1. The van der Waals surface area contributed by atoms with Gasteiger partial charge in [-0.1, -0.05) is 41.9 Å². The Morgan fingerprint density at radius 3 is 2.50 bits per heavy atom. The predicted octanol–water partition coefficient (Wildman–Crippen LogP) is 4.40. The molecule has 2 aromatic heterocycles. The third kappa shape index (κ3) is 4.82. The number of halogens is 1. The maximum absolute atomic E-state index is 12.8. The number of anilines is 2. The summed E-state index contributed by atoms with van der Waals surface area (Å²) in [6.07, 6.45) is 1.51. The normalized spacial score (nSPS) is 11.3. The summed E-state index contributed by atoms with van der Waals surface area (Å²) in [6.45, 7) is 2.15. The van der Waals surface area contributed by atoms with Crippen LogP contribution in [0.1, 0.15) is 21.6 Å². The van der Waals surface area contributed by atoms with E-state index in [1.807, 2.05) is 30.3 Å². The highest BCUT2D eigenvalue weighted by Gasteiger charge is 2.21. The van der Waals surface area contributed by atoms with Crippen LogP contribution in [0.15, 0.2) is 71.1 Å². The monoisotopic (exact) mass is 487 g/mol. The average Bonchev–Trinajstić information content (AvgIpc) is 3.36. The van der Waals surface area contributed by atoms with E-state index in [-0.39, 0.29) is 20.7 Å². The first-order valence-electron chi connectivity index (χ1n) is 9.44. The van der Waals surface area contributed by atoms with Gasteiger partial charge >= 0.3 is 0 Å². The topological polar surface area (TPSA) is 106 Å². The molecule has 0 fully saturated rings. The van der Waals surface area contributed by atoms with Crippen molar-refractivity contribution in [3.63, 3.8) is 0 Å². The molecule has 32 heavy (non-hydrogen) atoms. The van der Waals surface area contributed by atoms with Gasteiger partial charge in [0.1, 0.15) is 5.15 Å². The molecular formula is C21H18ClN5O3S2. The lowest BCUT2D eigenvalue weighted by Crippen LogP contribution is -2.14. The third-order valence-electron chi connectivity index (χ3n) is 4.54. The van der Waals surface area contributed by atoms with Crippen LogP contribution in [-0.2, 0) is 16.6 Å². The van der Waals surface area contributed by atoms with Gasteiger partial charge in [-0.3, -0.25) is 9.52 Å². The summed E-state index contributed by atoms with van der Waals surface area (Å²) in [7, 11) is -3.77. The highest BCUT2D eigenvalue weighted by atomic mass is 35.5. The predicted molar refractivity (Wildman–Crippen MR) is 125 cm³/mol. The first-order valence-corrected chi connectivity index (χ1v) is 12.2. The van der Waals surface area contributed by atoms with Crippen LogP contribution in [-0.4, -0.2) is 29.1 Å². The van der Waals surface area contributed by atoms with Crippen molar-refractivity contribution in [1.29, 1.82) is 0 Å². The van der Waals surface area contributed by atoms with E-state index in [0.717, 1.165) is 5.56 Å². The summed E-state index contributed by atoms with van der Waals surface area (Å²) in [5, 5.41) is 9.30. The number of aryl methyl sites for hydroxylation is 1. The minimum absolute atomic E-state index is 0.0515. The van der Waals surface area contributed by atoms with Crippen LogP contribution in [0.2, 0.25) is 5.15 Å². The summed E-state index contributed by atoms with van der Waals surface area (Å²) >= 11 is 7.62. The lowest BCUT2D eigenvalue weighted by Gasteiger charge is -2.08. The van der Waals surface area contributed by atoms with Crippen molar-refractivity contribution in [3.8, 4) is 0 Å². The van der Waals surface area contributed by atoms with Crippen molar-refractivity contribution >= 4 is 49.7 Å². The standard InChI is InChI=1S/C21H18ClN5O3S2/c1-14-18(19(22)27(25-14)13-15-5-3-2-4-6-15)20(28)24-16-7-9-17(10-8-16)32(29,30)26-21-23-11-12-31-21/h2-12H,13H2,1H3,(H,23,26)(H,24,28). The van der Waals surface area contributed by atoms with Crippen molar-refractivity contribution in [2.45, 2.75) is 18.4 Å². The van der Waals surface area contributed by atoms with Crippen LogP contribution in [0.4, 0.5) is 10.8 Å². The number of hydrogen-bond acceptors (Lipinski definition) is 6. The van der Waals surface area contributed by atoms with Gasteiger partial charge in [-0.2, -0.15) is 5.10 Å². The molecule has 1 amide bonds. The lowest BCUT2D eigenvalue weighted by molar-refractivity contribution is 0.102. The van der Waals surface area contributed by atoms with Gasteiger partial charge in [-0.05, 0) is 36.8 Å². The highest BCUT2D eigenvalue weighted by Crippen LogP contribution is 2.24. The second kappa shape index (κ2) is 9.11. The molecule has 2 aromatic carbocycles. The molecule has 11 heteroatoms. The fraction of sp³-hybridized carbons (Fsp3) is 0.0952. The largest absolute Gasteiger partial charge is 0.322 e. The Hall–Kier alpha value is -3.21. The summed E-state index contributed by atoms with van der Waals surface area (Å²) < 4.78 is 28.8. The first kappa shape index (κ1) is 22.0. The van der Waals surface area contributed by atoms with E-state index in [1.54, 1.807) is 17.0 Å². The SMILES string of the molecule is Cc1nn(Cc2ccccc2)c(Cl)c1C(=O)Nc1ccc(S(=O)(=O)Nc2nccs2)cc1. The minimum atomic E-state index is -3.77. The van der Waals surface area contributed by atoms with Gasteiger partial charge in [0, 0.05) is 17.3 Å². The average molecular weight is 488 g/mol. The Morgan fingerprint density at radius 1 is 1.12 bits per heavy atom. The zero-order valence-electron chi connectivity index (χ0n) is 16.8. The number of benzene rings is 2. The Morgan fingerprint density at radius 2 is 1.84 bits per heavy atom. The molecule has 4 aromatic rings. The van der Waals surface area contributed by atoms with Crippen LogP contribution in [0.5, 0.6) is 0 Å². The smallest absolute Gasteiger partial charge is 0.263 e. The maximum Gasteiger partial charge on any atom is 0.263 e. The molecule has 0 bridgehead atoms. The van der Waals surface area contributed by atoms with Crippen molar-refractivity contribution in [1.82, 2.24) is 14.8 Å². The second-order valence-corrected chi connectivity index (χ2v) is 9.75. The Balaban J connectivity index is 1.48. The van der Waals surface area contributed by atoms with E-state index >= 15 is 0 Å². The zero-order chi connectivity index (χ0) is 22.7. The molecule has 0 atom stereocenters. The maximum atomic E-state index is 12.8. The molecule has 0 aliphatic carbocycles. The van der Waals surface area contributed by atoms with Gasteiger partial charge in [-0.15, -0.1) is 11.3 Å². The first-order chi connectivity index (χ1) is 15.3. The Bertz CT molecular complexity index is 1340. The summed E-state index contributed by atoms with van der Waals surface area (Å²) in [5.41, 5.74) is 2.20. The van der Waals surface area contributed by atoms with Crippen LogP contribution < -0.4 is 10.0 Å². The van der Waals surface area contributed by atoms with E-state index in [1.165, 1.54) is 41.8 Å². The molecule has 0 saturated carbocycles. The van der Waals surface area contributed by atoms with Crippen molar-refractivity contribution in [2.75, 3.05) is 10.0 Å². The molecule has 0 spiro atoms. The molecular weight excluding hydrogens is 470 g/mol. The number of amides is 1. The van der Waals surface area contributed by atoms with Crippen molar-refractivity contribution in [3.05, 3.63) is 88.1 Å². The summed E-state index contributed by atoms with van der Waals surface area (Å²) in [5.74, 6) is -0.427. The number of rotatable bonds is 7. The zero-order valence-corrected chi connectivity index (χ0v) is 19.2.